The fourth-order valence-electron chi connectivity index (χ4n) is 2.43. The summed E-state index contributed by atoms with van der Waals surface area (Å²) in [5.41, 5.74) is 3.46. The maximum absolute atomic E-state index is 5.21. The Morgan fingerprint density at radius 2 is 1.85 bits per heavy atom. The Hall–Kier alpha value is -2.33. The van der Waals surface area contributed by atoms with Crippen LogP contribution in [0.15, 0.2) is 54.7 Å². The van der Waals surface area contributed by atoms with Crippen LogP contribution in [0, 0.1) is 0 Å². The van der Waals surface area contributed by atoms with Crippen LogP contribution >= 0.6 is 11.3 Å². The van der Waals surface area contributed by atoms with Gasteiger partial charge in [-0.25, -0.2) is 4.98 Å². The first-order chi connectivity index (χ1) is 9.86. The third-order valence-corrected chi connectivity index (χ3v) is 4.46. The van der Waals surface area contributed by atoms with Crippen molar-refractivity contribution in [1.29, 1.82) is 0 Å². The minimum atomic E-state index is 0.865. The first-order valence-electron chi connectivity index (χ1n) is 6.36. The zero-order valence-electron chi connectivity index (χ0n) is 10.9. The van der Waals surface area contributed by atoms with Gasteiger partial charge in [0.05, 0.1) is 29.2 Å². The Kier molecular flexibility index (Phi) is 2.50. The molecule has 4 aromatic rings. The van der Waals surface area contributed by atoms with Gasteiger partial charge in [-0.05, 0) is 36.4 Å². The fraction of sp³-hybridized carbons (Fsp3) is 0.0625. The van der Waals surface area contributed by atoms with E-state index in [2.05, 4.69) is 45.8 Å². The summed E-state index contributed by atoms with van der Waals surface area (Å²) in [6.07, 6.45) is 1.93. The lowest BCUT2D eigenvalue weighted by Gasteiger charge is -2.03. The minimum absolute atomic E-state index is 0.865. The van der Waals surface area contributed by atoms with Gasteiger partial charge in [0, 0.05) is 5.56 Å². The summed E-state index contributed by atoms with van der Waals surface area (Å²) in [4.78, 5) is 5.55. The van der Waals surface area contributed by atoms with Crippen LogP contribution in [0.5, 0.6) is 5.75 Å². The van der Waals surface area contributed by atoms with E-state index in [4.69, 9.17) is 4.74 Å². The summed E-state index contributed by atoms with van der Waals surface area (Å²) in [5.74, 6) is 0.865. The molecule has 0 atom stereocenters. The summed E-state index contributed by atoms with van der Waals surface area (Å²) >= 11 is 1.71. The Balaban J connectivity index is 1.98. The molecule has 2 aromatic heterocycles. The molecule has 0 bridgehead atoms. The highest BCUT2D eigenvalue weighted by atomic mass is 32.1. The molecule has 0 saturated heterocycles. The van der Waals surface area contributed by atoms with Crippen molar-refractivity contribution in [2.24, 2.45) is 0 Å². The first-order valence-corrected chi connectivity index (χ1v) is 7.18. The number of fused-ring (bicyclic) bond motifs is 3. The summed E-state index contributed by atoms with van der Waals surface area (Å²) in [7, 11) is 1.68. The molecule has 0 aliphatic carbocycles. The van der Waals surface area contributed by atoms with Crippen LogP contribution in [-0.2, 0) is 0 Å². The van der Waals surface area contributed by atoms with Crippen molar-refractivity contribution in [3.05, 3.63) is 54.7 Å². The molecule has 0 amide bonds. The molecule has 98 valence electrons. The molecule has 4 rings (SSSR count). The van der Waals surface area contributed by atoms with Gasteiger partial charge in [0.15, 0.2) is 4.96 Å². The standard InChI is InChI=1S/C16H12N2OS/c1-19-12-8-6-11(7-9-12)14-10-17-16-18(14)13-4-2-3-5-15(13)20-16/h2-10H,1H3. The van der Waals surface area contributed by atoms with Gasteiger partial charge < -0.3 is 4.74 Å². The highest BCUT2D eigenvalue weighted by molar-refractivity contribution is 7.23. The molecule has 0 spiro atoms. The smallest absolute Gasteiger partial charge is 0.195 e. The van der Waals surface area contributed by atoms with Crippen molar-refractivity contribution in [2.45, 2.75) is 0 Å². The Labute approximate surface area is 120 Å². The molecule has 0 fully saturated rings. The number of hydrogen-bond acceptors (Lipinski definition) is 3. The lowest BCUT2D eigenvalue weighted by Crippen LogP contribution is -1.86. The summed E-state index contributed by atoms with van der Waals surface area (Å²) in [5, 5.41) is 0. The number of imidazole rings is 1. The van der Waals surface area contributed by atoms with Crippen LogP contribution in [0.1, 0.15) is 0 Å². The number of methoxy groups -OCH3 is 1. The maximum Gasteiger partial charge on any atom is 0.195 e. The fourth-order valence-corrected chi connectivity index (χ4v) is 3.43. The molecule has 0 unspecified atom stereocenters. The molecule has 2 heterocycles. The van der Waals surface area contributed by atoms with Gasteiger partial charge >= 0.3 is 0 Å². The van der Waals surface area contributed by atoms with Crippen molar-refractivity contribution < 1.29 is 4.74 Å². The van der Waals surface area contributed by atoms with E-state index in [0.29, 0.717) is 0 Å². The summed E-state index contributed by atoms with van der Waals surface area (Å²) in [6.45, 7) is 0. The first kappa shape index (κ1) is 11.5. The van der Waals surface area contributed by atoms with Gasteiger partial charge in [-0.15, -0.1) is 0 Å². The lowest BCUT2D eigenvalue weighted by atomic mass is 10.1. The molecular formula is C16H12N2OS. The quantitative estimate of drug-likeness (QED) is 0.549. The topological polar surface area (TPSA) is 26.5 Å². The normalized spacial score (nSPS) is 11.2. The predicted octanol–water partition coefficient (Wildman–Crippen LogP) is 4.22. The Morgan fingerprint density at radius 1 is 1.05 bits per heavy atom. The van der Waals surface area contributed by atoms with Crippen molar-refractivity contribution in [3.8, 4) is 17.0 Å². The van der Waals surface area contributed by atoms with E-state index in [1.54, 1.807) is 18.4 Å². The number of thiazole rings is 1. The summed E-state index contributed by atoms with van der Waals surface area (Å²) < 4.78 is 8.67. The minimum Gasteiger partial charge on any atom is -0.497 e. The van der Waals surface area contributed by atoms with Crippen LogP contribution in [-0.4, -0.2) is 16.5 Å². The van der Waals surface area contributed by atoms with E-state index in [9.17, 15) is 0 Å². The number of rotatable bonds is 2. The van der Waals surface area contributed by atoms with Crippen LogP contribution in [0.3, 0.4) is 0 Å². The number of aromatic nitrogens is 2. The SMILES string of the molecule is COc1ccc(-c2cnc3sc4ccccc4n23)cc1. The molecule has 20 heavy (non-hydrogen) atoms. The monoisotopic (exact) mass is 280 g/mol. The van der Waals surface area contributed by atoms with Crippen molar-refractivity contribution in [1.82, 2.24) is 9.38 Å². The molecule has 0 saturated carbocycles. The molecule has 4 heteroatoms. The number of benzene rings is 2. The van der Waals surface area contributed by atoms with Gasteiger partial charge in [0.1, 0.15) is 5.75 Å². The van der Waals surface area contributed by atoms with Gasteiger partial charge in [0.2, 0.25) is 0 Å². The third kappa shape index (κ3) is 1.62. The van der Waals surface area contributed by atoms with Gasteiger partial charge in [-0.2, -0.15) is 0 Å². The molecule has 0 aliphatic rings. The highest BCUT2D eigenvalue weighted by Gasteiger charge is 2.11. The van der Waals surface area contributed by atoms with Crippen LogP contribution in [0.4, 0.5) is 0 Å². The maximum atomic E-state index is 5.21. The van der Waals surface area contributed by atoms with E-state index in [1.165, 1.54) is 10.2 Å². The molecular weight excluding hydrogens is 268 g/mol. The van der Waals surface area contributed by atoms with E-state index >= 15 is 0 Å². The Bertz CT molecular complexity index is 890. The van der Waals surface area contributed by atoms with E-state index in [1.807, 2.05) is 18.3 Å². The van der Waals surface area contributed by atoms with Crippen molar-refractivity contribution in [3.63, 3.8) is 0 Å². The third-order valence-electron chi connectivity index (χ3n) is 3.42. The zero-order valence-corrected chi connectivity index (χ0v) is 11.7. The van der Waals surface area contributed by atoms with Gasteiger partial charge in [-0.1, -0.05) is 23.5 Å². The molecule has 2 aromatic carbocycles. The largest absolute Gasteiger partial charge is 0.497 e. The van der Waals surface area contributed by atoms with Crippen LogP contribution < -0.4 is 4.74 Å². The molecule has 3 nitrogen and oxygen atoms in total. The predicted molar refractivity (Wildman–Crippen MR) is 82.6 cm³/mol. The number of hydrogen-bond donors (Lipinski definition) is 0. The highest BCUT2D eigenvalue weighted by Crippen LogP contribution is 2.31. The summed E-state index contributed by atoms with van der Waals surface area (Å²) in [6, 6.07) is 16.5. The van der Waals surface area contributed by atoms with E-state index < -0.39 is 0 Å². The van der Waals surface area contributed by atoms with Gasteiger partial charge in [-0.3, -0.25) is 4.40 Å². The average Bonchev–Trinajstić information content (AvgIpc) is 3.06. The second-order valence-electron chi connectivity index (χ2n) is 4.56. The second kappa shape index (κ2) is 4.35. The van der Waals surface area contributed by atoms with E-state index in [0.717, 1.165) is 22.0 Å². The van der Waals surface area contributed by atoms with E-state index in [-0.39, 0.29) is 0 Å². The van der Waals surface area contributed by atoms with Crippen LogP contribution in [0.25, 0.3) is 26.4 Å². The molecule has 0 N–H and O–H groups in total. The molecule has 0 aliphatic heterocycles. The number of para-hydroxylation sites is 1. The number of nitrogens with zero attached hydrogens (tertiary/aromatic N) is 2. The average molecular weight is 280 g/mol. The van der Waals surface area contributed by atoms with Crippen LogP contribution in [0.2, 0.25) is 0 Å². The Morgan fingerprint density at radius 3 is 2.65 bits per heavy atom. The number of ether oxygens (including phenoxy) is 1. The lowest BCUT2D eigenvalue weighted by molar-refractivity contribution is 0.415. The van der Waals surface area contributed by atoms with Crippen molar-refractivity contribution >= 4 is 26.5 Å². The van der Waals surface area contributed by atoms with Crippen molar-refractivity contribution in [2.75, 3.05) is 7.11 Å². The second-order valence-corrected chi connectivity index (χ2v) is 5.57. The molecule has 0 radical (unpaired) electrons. The zero-order chi connectivity index (χ0) is 13.5. The van der Waals surface area contributed by atoms with Gasteiger partial charge in [0.25, 0.3) is 0 Å².